The molecule has 3 aromatic rings. The van der Waals surface area contributed by atoms with Gasteiger partial charge < -0.3 is 5.32 Å². The first-order valence-corrected chi connectivity index (χ1v) is 10.0. The molecule has 0 aliphatic carbocycles. The number of rotatable bonds is 5. The van der Waals surface area contributed by atoms with Crippen molar-refractivity contribution in [3.63, 3.8) is 0 Å². The molecule has 1 N–H and O–H groups in total. The maximum absolute atomic E-state index is 12.7. The minimum absolute atomic E-state index is 0.0645. The van der Waals surface area contributed by atoms with Crippen molar-refractivity contribution in [3.05, 3.63) is 71.1 Å². The highest BCUT2D eigenvalue weighted by molar-refractivity contribution is 7.08. The number of aromatic nitrogens is 2. The lowest BCUT2D eigenvalue weighted by Crippen LogP contribution is -2.44. The van der Waals surface area contributed by atoms with Crippen molar-refractivity contribution < 1.29 is 4.79 Å². The quantitative estimate of drug-likeness (QED) is 0.737. The number of hydrogen-bond acceptors (Lipinski definition) is 5. The molecule has 4 rings (SSSR count). The molecule has 2 aromatic carbocycles. The molecule has 0 spiro atoms. The van der Waals surface area contributed by atoms with Crippen LogP contribution >= 0.6 is 11.5 Å². The van der Waals surface area contributed by atoms with Gasteiger partial charge in [-0.3, -0.25) is 9.69 Å². The number of nitrogens with one attached hydrogen (secondary N) is 1. The average Bonchev–Trinajstić information content (AvgIpc) is 3.21. The molecule has 1 fully saturated rings. The smallest absolute Gasteiger partial charge is 0.265 e. The van der Waals surface area contributed by atoms with E-state index in [0.29, 0.717) is 10.6 Å². The molecular weight excluding hydrogens is 356 g/mol. The summed E-state index contributed by atoms with van der Waals surface area (Å²) < 4.78 is 3.99. The van der Waals surface area contributed by atoms with Gasteiger partial charge in [-0.05, 0) is 29.9 Å². The molecule has 27 heavy (non-hydrogen) atoms. The first-order chi connectivity index (χ1) is 13.3. The summed E-state index contributed by atoms with van der Waals surface area (Å²) in [5, 5.41) is 7.34. The summed E-state index contributed by atoms with van der Waals surface area (Å²) in [6, 6.07) is 20.5. The van der Waals surface area contributed by atoms with E-state index in [1.807, 2.05) is 36.4 Å². The minimum Gasteiger partial charge on any atom is -0.348 e. The summed E-state index contributed by atoms with van der Waals surface area (Å²) in [5.41, 5.74) is 2.93. The zero-order valence-electron chi connectivity index (χ0n) is 15.0. The Hall–Kier alpha value is -2.57. The van der Waals surface area contributed by atoms with Gasteiger partial charge in [-0.15, -0.1) is 5.10 Å². The van der Waals surface area contributed by atoms with E-state index in [1.165, 1.54) is 5.56 Å². The third-order valence-electron chi connectivity index (χ3n) is 4.91. The standard InChI is InChI=1S/C21H22N4OS/c26-21(20-19(23-24-27-20)17-9-5-2-6-10-17)22-18-11-13-25(14-12-18)15-16-7-3-1-4-8-16/h1-10,18H,11-15H2,(H,22,26). The van der Waals surface area contributed by atoms with E-state index in [2.05, 4.69) is 44.1 Å². The topological polar surface area (TPSA) is 58.1 Å². The Kier molecular flexibility index (Phi) is 5.55. The van der Waals surface area contributed by atoms with Crippen LogP contribution in [-0.4, -0.2) is 39.5 Å². The summed E-state index contributed by atoms with van der Waals surface area (Å²) in [6.07, 6.45) is 1.93. The van der Waals surface area contributed by atoms with Crippen LogP contribution in [0.15, 0.2) is 60.7 Å². The van der Waals surface area contributed by atoms with Crippen molar-refractivity contribution in [2.45, 2.75) is 25.4 Å². The van der Waals surface area contributed by atoms with E-state index >= 15 is 0 Å². The largest absolute Gasteiger partial charge is 0.348 e. The fourth-order valence-electron chi connectivity index (χ4n) is 3.45. The van der Waals surface area contributed by atoms with Gasteiger partial charge in [0.15, 0.2) is 0 Å². The summed E-state index contributed by atoms with van der Waals surface area (Å²) in [4.78, 5) is 15.8. The summed E-state index contributed by atoms with van der Waals surface area (Å²) in [7, 11) is 0. The van der Waals surface area contributed by atoms with E-state index in [4.69, 9.17) is 0 Å². The van der Waals surface area contributed by atoms with Crippen LogP contribution in [0.2, 0.25) is 0 Å². The van der Waals surface area contributed by atoms with Crippen LogP contribution in [0, 0.1) is 0 Å². The first-order valence-electron chi connectivity index (χ1n) is 9.24. The highest BCUT2D eigenvalue weighted by Gasteiger charge is 2.24. The number of hydrogen-bond donors (Lipinski definition) is 1. The average molecular weight is 379 g/mol. The molecule has 5 nitrogen and oxygen atoms in total. The van der Waals surface area contributed by atoms with Crippen LogP contribution in [0.3, 0.4) is 0 Å². The molecule has 1 saturated heterocycles. The number of likely N-dealkylation sites (tertiary alicyclic amines) is 1. The van der Waals surface area contributed by atoms with Gasteiger partial charge in [0.2, 0.25) is 0 Å². The van der Waals surface area contributed by atoms with Crippen molar-refractivity contribution in [2.75, 3.05) is 13.1 Å². The molecular formula is C21H22N4OS. The maximum atomic E-state index is 12.7. The second kappa shape index (κ2) is 8.41. The SMILES string of the molecule is O=C(NC1CCN(Cc2ccccc2)CC1)c1snnc1-c1ccccc1. The molecule has 0 bridgehead atoms. The molecule has 0 radical (unpaired) electrons. The highest BCUT2D eigenvalue weighted by atomic mass is 32.1. The number of carbonyl (C=O) groups is 1. The second-order valence-corrected chi connectivity index (χ2v) is 7.58. The van der Waals surface area contributed by atoms with Gasteiger partial charge in [-0.1, -0.05) is 65.2 Å². The normalized spacial score (nSPS) is 15.6. The predicted octanol–water partition coefficient (Wildman–Crippen LogP) is 3.60. The molecule has 1 aliphatic rings. The Morgan fingerprint density at radius 1 is 1.04 bits per heavy atom. The van der Waals surface area contributed by atoms with Gasteiger partial charge in [-0.2, -0.15) is 0 Å². The monoisotopic (exact) mass is 378 g/mol. The Bertz CT molecular complexity index is 873. The number of piperidine rings is 1. The Morgan fingerprint density at radius 2 is 1.70 bits per heavy atom. The molecule has 2 heterocycles. The number of amides is 1. The molecule has 0 unspecified atom stereocenters. The fourth-order valence-corrected chi connectivity index (χ4v) is 4.04. The maximum Gasteiger partial charge on any atom is 0.265 e. The number of benzene rings is 2. The van der Waals surface area contributed by atoms with E-state index in [-0.39, 0.29) is 11.9 Å². The molecule has 1 amide bonds. The van der Waals surface area contributed by atoms with Crippen LogP contribution in [0.4, 0.5) is 0 Å². The van der Waals surface area contributed by atoms with Crippen molar-refractivity contribution in [2.24, 2.45) is 0 Å². The summed E-state index contributed by atoms with van der Waals surface area (Å²) >= 11 is 1.16. The summed E-state index contributed by atoms with van der Waals surface area (Å²) in [6.45, 7) is 2.96. The zero-order chi connectivity index (χ0) is 18.5. The molecule has 0 atom stereocenters. The highest BCUT2D eigenvalue weighted by Crippen LogP contribution is 2.24. The van der Waals surface area contributed by atoms with Crippen molar-refractivity contribution in [1.82, 2.24) is 19.8 Å². The van der Waals surface area contributed by atoms with E-state index in [9.17, 15) is 4.79 Å². The third kappa shape index (κ3) is 4.40. The molecule has 1 aliphatic heterocycles. The molecule has 0 saturated carbocycles. The second-order valence-electron chi connectivity index (χ2n) is 6.83. The minimum atomic E-state index is -0.0645. The lowest BCUT2D eigenvalue weighted by atomic mass is 10.0. The van der Waals surface area contributed by atoms with Crippen LogP contribution in [0.1, 0.15) is 28.1 Å². The fraction of sp³-hybridized carbons (Fsp3) is 0.286. The Balaban J connectivity index is 1.33. The lowest BCUT2D eigenvalue weighted by molar-refractivity contribution is 0.0913. The zero-order valence-corrected chi connectivity index (χ0v) is 15.9. The van der Waals surface area contributed by atoms with Gasteiger partial charge in [0, 0.05) is 31.2 Å². The van der Waals surface area contributed by atoms with Crippen LogP contribution in [0.25, 0.3) is 11.3 Å². The molecule has 138 valence electrons. The third-order valence-corrected chi connectivity index (χ3v) is 5.64. The van der Waals surface area contributed by atoms with Crippen LogP contribution in [-0.2, 0) is 6.54 Å². The van der Waals surface area contributed by atoms with Crippen LogP contribution in [0.5, 0.6) is 0 Å². The lowest BCUT2D eigenvalue weighted by Gasteiger charge is -2.32. The van der Waals surface area contributed by atoms with Crippen molar-refractivity contribution in [1.29, 1.82) is 0 Å². The first kappa shape index (κ1) is 17.8. The Morgan fingerprint density at radius 3 is 2.41 bits per heavy atom. The predicted molar refractivity (Wildman–Crippen MR) is 108 cm³/mol. The Labute approximate surface area is 163 Å². The van der Waals surface area contributed by atoms with Gasteiger partial charge in [0.25, 0.3) is 5.91 Å². The van der Waals surface area contributed by atoms with Crippen molar-refractivity contribution in [3.8, 4) is 11.3 Å². The molecule has 6 heteroatoms. The van der Waals surface area contributed by atoms with Gasteiger partial charge >= 0.3 is 0 Å². The van der Waals surface area contributed by atoms with Gasteiger partial charge in [0.05, 0.1) is 0 Å². The van der Waals surface area contributed by atoms with Crippen molar-refractivity contribution >= 4 is 17.4 Å². The van der Waals surface area contributed by atoms with E-state index in [1.54, 1.807) is 0 Å². The van der Waals surface area contributed by atoms with Gasteiger partial charge in [0.1, 0.15) is 10.6 Å². The van der Waals surface area contributed by atoms with E-state index < -0.39 is 0 Å². The number of nitrogens with zero attached hydrogens (tertiary/aromatic N) is 3. The summed E-state index contributed by atoms with van der Waals surface area (Å²) in [5.74, 6) is -0.0645. The molecule has 1 aromatic heterocycles. The van der Waals surface area contributed by atoms with E-state index in [0.717, 1.165) is 49.6 Å². The van der Waals surface area contributed by atoms with Crippen LogP contribution < -0.4 is 5.32 Å². The van der Waals surface area contributed by atoms with Gasteiger partial charge in [-0.25, -0.2) is 0 Å². The number of carbonyl (C=O) groups excluding carboxylic acids is 1.